The first-order chi connectivity index (χ1) is 8.31. The standard InChI is InChI=1S/C14H27NOS/c1-2-15-14(12-7-3-4-8-12)11-17(16)13-9-5-6-10-13/h12-15H,2-11H2,1H3. The molecule has 0 aromatic heterocycles. The lowest BCUT2D eigenvalue weighted by atomic mass is 10.00. The zero-order valence-electron chi connectivity index (χ0n) is 11.1. The van der Waals surface area contributed by atoms with Gasteiger partial charge >= 0.3 is 0 Å². The van der Waals surface area contributed by atoms with Crippen LogP contribution in [0.25, 0.3) is 0 Å². The average Bonchev–Trinajstić information content (AvgIpc) is 3.01. The summed E-state index contributed by atoms with van der Waals surface area (Å²) in [4.78, 5) is 0. The van der Waals surface area contributed by atoms with Gasteiger partial charge in [0.05, 0.1) is 0 Å². The fourth-order valence-corrected chi connectivity index (χ4v) is 5.32. The summed E-state index contributed by atoms with van der Waals surface area (Å²) in [6.07, 6.45) is 10.5. The molecular formula is C14H27NOS. The highest BCUT2D eigenvalue weighted by atomic mass is 32.2. The van der Waals surface area contributed by atoms with E-state index >= 15 is 0 Å². The third-order valence-corrected chi connectivity index (χ3v) is 6.36. The maximum atomic E-state index is 12.4. The van der Waals surface area contributed by atoms with Gasteiger partial charge in [0.1, 0.15) is 0 Å². The van der Waals surface area contributed by atoms with Crippen molar-refractivity contribution in [1.82, 2.24) is 5.32 Å². The summed E-state index contributed by atoms with van der Waals surface area (Å²) in [5, 5.41) is 4.10. The molecule has 0 heterocycles. The first kappa shape index (κ1) is 13.5. The quantitative estimate of drug-likeness (QED) is 0.793. The highest BCUT2D eigenvalue weighted by Gasteiger charge is 2.29. The van der Waals surface area contributed by atoms with Crippen LogP contribution in [-0.4, -0.2) is 27.8 Å². The number of nitrogens with one attached hydrogen (secondary N) is 1. The highest BCUT2D eigenvalue weighted by Crippen LogP contribution is 2.30. The summed E-state index contributed by atoms with van der Waals surface area (Å²) < 4.78 is 12.4. The van der Waals surface area contributed by atoms with E-state index in [0.717, 1.165) is 18.2 Å². The van der Waals surface area contributed by atoms with E-state index in [0.29, 0.717) is 11.3 Å². The fourth-order valence-electron chi connectivity index (χ4n) is 3.45. The fraction of sp³-hybridized carbons (Fsp3) is 1.00. The summed E-state index contributed by atoms with van der Waals surface area (Å²) in [6, 6.07) is 0.518. The second-order valence-corrected chi connectivity index (χ2v) is 7.42. The minimum atomic E-state index is -0.585. The topological polar surface area (TPSA) is 29.1 Å². The Morgan fingerprint density at radius 1 is 1.12 bits per heavy atom. The van der Waals surface area contributed by atoms with Crippen molar-refractivity contribution in [2.75, 3.05) is 12.3 Å². The minimum absolute atomic E-state index is 0.512. The minimum Gasteiger partial charge on any atom is -0.313 e. The smallest absolute Gasteiger partial charge is 0.0394 e. The summed E-state index contributed by atoms with van der Waals surface area (Å²) in [6.45, 7) is 3.18. The van der Waals surface area contributed by atoms with Gasteiger partial charge in [-0.2, -0.15) is 0 Å². The van der Waals surface area contributed by atoms with Crippen molar-refractivity contribution < 1.29 is 4.21 Å². The van der Waals surface area contributed by atoms with E-state index in [9.17, 15) is 4.21 Å². The summed E-state index contributed by atoms with van der Waals surface area (Å²) in [5.74, 6) is 1.70. The zero-order valence-corrected chi connectivity index (χ0v) is 11.9. The molecule has 2 aliphatic carbocycles. The predicted molar refractivity (Wildman–Crippen MR) is 74.7 cm³/mol. The van der Waals surface area contributed by atoms with Gasteiger partial charge in [-0.1, -0.05) is 32.6 Å². The van der Waals surface area contributed by atoms with Crippen LogP contribution in [0.2, 0.25) is 0 Å². The number of rotatable bonds is 6. The second kappa shape index (κ2) is 6.89. The van der Waals surface area contributed by atoms with Gasteiger partial charge in [-0.05, 0) is 38.1 Å². The van der Waals surface area contributed by atoms with Crippen LogP contribution in [0.4, 0.5) is 0 Å². The monoisotopic (exact) mass is 257 g/mol. The van der Waals surface area contributed by atoms with Crippen molar-refractivity contribution in [2.24, 2.45) is 5.92 Å². The first-order valence-electron chi connectivity index (χ1n) is 7.41. The largest absolute Gasteiger partial charge is 0.313 e. The van der Waals surface area contributed by atoms with Gasteiger partial charge < -0.3 is 5.32 Å². The summed E-state index contributed by atoms with van der Waals surface area (Å²) in [7, 11) is -0.585. The Labute approximate surface area is 108 Å². The molecule has 3 heteroatoms. The van der Waals surface area contributed by atoms with Crippen LogP contribution in [0.3, 0.4) is 0 Å². The summed E-state index contributed by atoms with van der Waals surface area (Å²) in [5.41, 5.74) is 0. The number of hydrogen-bond acceptors (Lipinski definition) is 2. The molecule has 2 unspecified atom stereocenters. The van der Waals surface area contributed by atoms with Crippen molar-refractivity contribution >= 4 is 10.8 Å². The van der Waals surface area contributed by atoms with Gasteiger partial charge in [0.15, 0.2) is 0 Å². The van der Waals surface area contributed by atoms with Crippen LogP contribution in [0, 0.1) is 5.92 Å². The molecule has 1 N–H and O–H groups in total. The number of hydrogen-bond donors (Lipinski definition) is 1. The lowest BCUT2D eigenvalue weighted by Crippen LogP contribution is -2.40. The average molecular weight is 257 g/mol. The van der Waals surface area contributed by atoms with Crippen LogP contribution in [0.5, 0.6) is 0 Å². The molecule has 17 heavy (non-hydrogen) atoms. The van der Waals surface area contributed by atoms with Crippen LogP contribution in [0.15, 0.2) is 0 Å². The Hall–Kier alpha value is 0.110. The molecule has 0 amide bonds. The van der Waals surface area contributed by atoms with Crippen molar-refractivity contribution in [1.29, 1.82) is 0 Å². The third kappa shape index (κ3) is 3.78. The second-order valence-electron chi connectivity index (χ2n) is 5.66. The maximum absolute atomic E-state index is 12.4. The molecule has 0 bridgehead atoms. The lowest BCUT2D eigenvalue weighted by molar-refractivity contribution is 0.391. The molecule has 0 aromatic rings. The first-order valence-corrected chi connectivity index (χ1v) is 8.80. The Balaban J connectivity index is 1.84. The Bertz CT molecular complexity index is 245. The van der Waals surface area contributed by atoms with Gasteiger partial charge in [-0.15, -0.1) is 0 Å². The van der Waals surface area contributed by atoms with Crippen LogP contribution in [-0.2, 0) is 10.8 Å². The Morgan fingerprint density at radius 3 is 2.29 bits per heavy atom. The molecule has 0 spiro atoms. The predicted octanol–water partition coefficient (Wildman–Crippen LogP) is 2.85. The van der Waals surface area contributed by atoms with E-state index < -0.39 is 10.8 Å². The molecule has 2 fully saturated rings. The maximum Gasteiger partial charge on any atom is 0.0394 e. The molecule has 0 aliphatic heterocycles. The molecule has 2 rings (SSSR count). The third-order valence-electron chi connectivity index (χ3n) is 4.45. The molecule has 2 nitrogen and oxygen atoms in total. The lowest BCUT2D eigenvalue weighted by Gasteiger charge is -2.25. The molecule has 100 valence electrons. The van der Waals surface area contributed by atoms with Crippen LogP contribution >= 0.6 is 0 Å². The molecular weight excluding hydrogens is 230 g/mol. The Morgan fingerprint density at radius 2 is 1.71 bits per heavy atom. The van der Waals surface area contributed by atoms with Crippen molar-refractivity contribution in [3.05, 3.63) is 0 Å². The molecule has 0 aromatic carbocycles. The van der Waals surface area contributed by atoms with E-state index in [-0.39, 0.29) is 0 Å². The van der Waals surface area contributed by atoms with Gasteiger partial charge in [-0.3, -0.25) is 4.21 Å². The molecule has 2 aliphatic rings. The van der Waals surface area contributed by atoms with Crippen LogP contribution in [0.1, 0.15) is 58.3 Å². The van der Waals surface area contributed by atoms with Gasteiger partial charge in [0.2, 0.25) is 0 Å². The summed E-state index contributed by atoms with van der Waals surface area (Å²) >= 11 is 0. The zero-order chi connectivity index (χ0) is 12.1. The Kier molecular flexibility index (Phi) is 5.49. The highest BCUT2D eigenvalue weighted by molar-refractivity contribution is 7.85. The molecule has 0 radical (unpaired) electrons. The molecule has 2 saturated carbocycles. The van der Waals surface area contributed by atoms with Crippen molar-refractivity contribution in [3.63, 3.8) is 0 Å². The van der Waals surface area contributed by atoms with E-state index in [1.165, 1.54) is 51.4 Å². The normalized spacial score (nSPS) is 26.4. The van der Waals surface area contributed by atoms with Gasteiger partial charge in [-0.25, -0.2) is 0 Å². The van der Waals surface area contributed by atoms with Gasteiger partial charge in [0, 0.05) is 27.8 Å². The molecule has 2 atom stereocenters. The SMILES string of the molecule is CCNC(CS(=O)C1CCCC1)C1CCCC1. The van der Waals surface area contributed by atoms with E-state index in [4.69, 9.17) is 0 Å². The van der Waals surface area contributed by atoms with Crippen molar-refractivity contribution in [3.8, 4) is 0 Å². The van der Waals surface area contributed by atoms with Crippen molar-refractivity contribution in [2.45, 2.75) is 69.6 Å². The molecule has 0 saturated heterocycles. The van der Waals surface area contributed by atoms with Gasteiger partial charge in [0.25, 0.3) is 0 Å². The van der Waals surface area contributed by atoms with E-state index in [1.807, 2.05) is 0 Å². The van der Waals surface area contributed by atoms with E-state index in [1.54, 1.807) is 0 Å². The van der Waals surface area contributed by atoms with E-state index in [2.05, 4.69) is 12.2 Å². The van der Waals surface area contributed by atoms with Crippen LogP contribution < -0.4 is 5.32 Å².